The Morgan fingerprint density at radius 2 is 1.08 bits per heavy atom. The van der Waals surface area contributed by atoms with Crippen LogP contribution in [0.3, 0.4) is 0 Å². The van der Waals surface area contributed by atoms with Gasteiger partial charge in [0.05, 0.1) is 0 Å². The summed E-state index contributed by atoms with van der Waals surface area (Å²) in [6, 6.07) is 13.4. The van der Waals surface area contributed by atoms with Gasteiger partial charge in [-0.15, -0.1) is 0 Å². The lowest BCUT2D eigenvalue weighted by Crippen LogP contribution is -2.55. The Balaban J connectivity index is 1.35. The van der Waals surface area contributed by atoms with E-state index in [4.69, 9.17) is 0 Å². The molecule has 0 fully saturated rings. The average molecular weight is 686 g/mol. The van der Waals surface area contributed by atoms with Crippen LogP contribution in [-0.2, 0) is 32.0 Å². The van der Waals surface area contributed by atoms with Crippen LogP contribution in [0.2, 0.25) is 0 Å². The van der Waals surface area contributed by atoms with E-state index in [1.807, 2.05) is 54.7 Å². The van der Waals surface area contributed by atoms with Crippen LogP contribution in [0.4, 0.5) is 0 Å². The highest BCUT2D eigenvalue weighted by Gasteiger charge is 2.29. The normalized spacial score (nSPS) is 12.5. The summed E-state index contributed by atoms with van der Waals surface area (Å²) in [5, 5.41) is 19.2. The van der Waals surface area contributed by atoms with Gasteiger partial charge >= 0.3 is 5.97 Å². The van der Waals surface area contributed by atoms with E-state index in [-0.39, 0.29) is 18.7 Å². The van der Waals surface area contributed by atoms with Gasteiger partial charge in [-0.25, -0.2) is 0 Å². The Kier molecular flexibility index (Phi) is 15.9. The summed E-state index contributed by atoms with van der Waals surface area (Å²) in [6.07, 6.45) is 20.1. The maximum absolute atomic E-state index is 13.9. The van der Waals surface area contributed by atoms with Crippen molar-refractivity contribution < 1.29 is 24.3 Å². The number of carbonyl (C=O) groups is 4. The Bertz CT molecular complexity index is 1660. The van der Waals surface area contributed by atoms with Crippen LogP contribution in [0.1, 0.15) is 108 Å². The number of hydrogen-bond donors (Lipinski definition) is 6. The fourth-order valence-corrected chi connectivity index (χ4v) is 6.59. The molecule has 0 aliphatic rings. The van der Waals surface area contributed by atoms with E-state index in [2.05, 4.69) is 32.8 Å². The number of aromatic nitrogens is 2. The Morgan fingerprint density at radius 1 is 0.620 bits per heavy atom. The summed E-state index contributed by atoms with van der Waals surface area (Å²) >= 11 is 0. The van der Waals surface area contributed by atoms with Crippen molar-refractivity contribution in [3.05, 3.63) is 72.1 Å². The van der Waals surface area contributed by atoms with Crippen molar-refractivity contribution in [3.63, 3.8) is 0 Å². The van der Waals surface area contributed by atoms with Gasteiger partial charge in [0.15, 0.2) is 0 Å². The summed E-state index contributed by atoms with van der Waals surface area (Å²) in [5.41, 5.74) is 3.47. The van der Waals surface area contributed by atoms with Crippen LogP contribution in [0.15, 0.2) is 60.9 Å². The number of rotatable bonds is 24. The highest BCUT2D eigenvalue weighted by molar-refractivity contribution is 5.94. The molecule has 4 rings (SSSR count). The zero-order valence-electron chi connectivity index (χ0n) is 29.5. The van der Waals surface area contributed by atoms with E-state index in [0.29, 0.717) is 6.42 Å². The quantitative estimate of drug-likeness (QED) is 0.0435. The number of unbranched alkanes of at least 4 members (excludes halogenated alkanes) is 12. The van der Waals surface area contributed by atoms with Gasteiger partial charge in [-0.2, -0.15) is 0 Å². The third-order valence-electron chi connectivity index (χ3n) is 9.40. The Labute approximate surface area is 295 Å². The second kappa shape index (κ2) is 20.8. The predicted molar refractivity (Wildman–Crippen MR) is 199 cm³/mol. The third-order valence-corrected chi connectivity index (χ3v) is 9.40. The van der Waals surface area contributed by atoms with Gasteiger partial charge in [0.25, 0.3) is 0 Å². The molecule has 0 radical (unpaired) electrons. The molecule has 270 valence electrons. The fraction of sp³-hybridized carbons (Fsp3) is 0.500. The molecule has 0 saturated heterocycles. The minimum absolute atomic E-state index is 0.133. The molecule has 4 aromatic rings. The molecule has 2 aromatic carbocycles. The second-order valence-corrected chi connectivity index (χ2v) is 13.4. The molecule has 0 saturated carbocycles. The number of carboxylic acid groups (broad SMARTS) is 1. The predicted octanol–water partition coefficient (Wildman–Crippen LogP) is 7.09. The van der Waals surface area contributed by atoms with Crippen LogP contribution in [0.5, 0.6) is 0 Å². The summed E-state index contributed by atoms with van der Waals surface area (Å²) in [5.74, 6) is -2.52. The van der Waals surface area contributed by atoms with Crippen molar-refractivity contribution in [2.24, 2.45) is 0 Å². The largest absolute Gasteiger partial charge is 0.480 e. The zero-order valence-corrected chi connectivity index (χ0v) is 29.5. The fourth-order valence-electron chi connectivity index (χ4n) is 6.59. The molecule has 2 heterocycles. The monoisotopic (exact) mass is 685 g/mol. The van der Waals surface area contributed by atoms with Gasteiger partial charge < -0.3 is 31.0 Å². The first-order chi connectivity index (χ1) is 24.4. The van der Waals surface area contributed by atoms with Crippen LogP contribution in [0, 0.1) is 0 Å². The molecule has 3 amide bonds. The SMILES string of the molecule is CCCCCCCCCCCCCCCC(=O)N[C@@H](Cc1c[nH]c2ccccc12)C(=O)N[C@@H](Cc1c[nH]c2ccccc12)C(=O)NCC(=O)O. The molecule has 2 aromatic heterocycles. The number of amides is 3. The third kappa shape index (κ3) is 12.4. The molecule has 6 N–H and O–H groups in total. The number of aliphatic carboxylic acids is 1. The lowest BCUT2D eigenvalue weighted by molar-refractivity contribution is -0.138. The van der Waals surface area contributed by atoms with Crippen LogP contribution >= 0.6 is 0 Å². The molecule has 50 heavy (non-hydrogen) atoms. The summed E-state index contributed by atoms with van der Waals surface area (Å²) in [4.78, 5) is 58.0. The first-order valence-electron chi connectivity index (χ1n) is 18.5. The van der Waals surface area contributed by atoms with Gasteiger partial charge in [-0.3, -0.25) is 19.2 Å². The number of para-hydroxylation sites is 2. The first kappa shape index (κ1) is 38.2. The second-order valence-electron chi connectivity index (χ2n) is 13.4. The molecular formula is C40H55N5O5. The highest BCUT2D eigenvalue weighted by Crippen LogP contribution is 2.21. The van der Waals surface area contributed by atoms with E-state index in [1.54, 1.807) is 6.20 Å². The van der Waals surface area contributed by atoms with E-state index in [1.165, 1.54) is 64.2 Å². The summed E-state index contributed by atoms with van der Waals surface area (Å²) < 4.78 is 0. The van der Waals surface area contributed by atoms with E-state index in [9.17, 15) is 24.3 Å². The standard InChI is InChI=1S/C40H55N5O5/c1-2-3-4-5-6-7-8-9-10-11-12-13-14-23-37(46)44-36(25-30-27-42-34-22-18-16-20-32(30)34)40(50)45-35(39(49)43-28-38(47)48)24-29-26-41-33-21-17-15-19-31(29)33/h15-22,26-27,35-36,41-42H,2-14,23-25,28H2,1H3,(H,43,49)(H,44,46)(H,45,50)(H,47,48)/t35-,36-/m0/s1. The lowest BCUT2D eigenvalue weighted by atomic mass is 10.0. The molecular weight excluding hydrogens is 630 g/mol. The Hall–Kier alpha value is -4.60. The minimum Gasteiger partial charge on any atom is -0.480 e. The molecule has 0 aliphatic carbocycles. The molecule has 10 nitrogen and oxygen atoms in total. The Morgan fingerprint density at radius 3 is 1.58 bits per heavy atom. The van der Waals surface area contributed by atoms with E-state index < -0.39 is 36.4 Å². The van der Waals surface area contributed by atoms with Crippen molar-refractivity contribution in [1.82, 2.24) is 25.9 Å². The topological polar surface area (TPSA) is 156 Å². The van der Waals surface area contributed by atoms with Gasteiger partial charge in [0.2, 0.25) is 17.7 Å². The van der Waals surface area contributed by atoms with E-state index >= 15 is 0 Å². The number of nitrogens with one attached hydrogen (secondary N) is 5. The van der Waals surface area contributed by atoms with Crippen molar-refractivity contribution >= 4 is 45.5 Å². The van der Waals surface area contributed by atoms with Crippen molar-refractivity contribution in [1.29, 1.82) is 0 Å². The van der Waals surface area contributed by atoms with E-state index in [0.717, 1.165) is 52.2 Å². The maximum Gasteiger partial charge on any atom is 0.322 e. The lowest BCUT2D eigenvalue weighted by Gasteiger charge is -2.23. The first-order valence-corrected chi connectivity index (χ1v) is 18.5. The minimum atomic E-state index is -1.19. The number of aromatic amines is 2. The molecule has 10 heteroatoms. The molecule has 0 aliphatic heterocycles. The molecule has 0 bridgehead atoms. The van der Waals surface area contributed by atoms with Crippen molar-refractivity contribution in [2.75, 3.05) is 6.54 Å². The van der Waals surface area contributed by atoms with Gasteiger partial charge in [-0.1, -0.05) is 120 Å². The summed E-state index contributed by atoms with van der Waals surface area (Å²) in [6.45, 7) is 1.67. The molecule has 2 atom stereocenters. The number of carbonyl (C=O) groups excluding carboxylic acids is 3. The van der Waals surface area contributed by atoms with Gasteiger partial charge in [-0.05, 0) is 29.7 Å². The smallest absolute Gasteiger partial charge is 0.322 e. The number of carboxylic acids is 1. The molecule has 0 unspecified atom stereocenters. The maximum atomic E-state index is 13.9. The van der Waals surface area contributed by atoms with Crippen LogP contribution in [-0.4, -0.2) is 57.4 Å². The van der Waals surface area contributed by atoms with Gasteiger partial charge in [0, 0.05) is 53.5 Å². The number of fused-ring (bicyclic) bond motifs is 2. The number of hydrogen-bond acceptors (Lipinski definition) is 4. The van der Waals surface area contributed by atoms with Crippen molar-refractivity contribution in [3.8, 4) is 0 Å². The zero-order chi connectivity index (χ0) is 35.6. The van der Waals surface area contributed by atoms with Crippen molar-refractivity contribution in [2.45, 2.75) is 122 Å². The molecule has 0 spiro atoms. The van der Waals surface area contributed by atoms with Crippen LogP contribution in [0.25, 0.3) is 21.8 Å². The summed E-state index contributed by atoms with van der Waals surface area (Å²) in [7, 11) is 0. The highest BCUT2D eigenvalue weighted by atomic mass is 16.4. The average Bonchev–Trinajstić information content (AvgIpc) is 3.72. The number of H-pyrrole nitrogens is 2. The number of benzene rings is 2. The van der Waals surface area contributed by atoms with Crippen LogP contribution < -0.4 is 16.0 Å². The van der Waals surface area contributed by atoms with Gasteiger partial charge in [0.1, 0.15) is 18.6 Å².